The molecule has 2 rings (SSSR count). The van der Waals surface area contributed by atoms with Crippen molar-refractivity contribution in [3.05, 3.63) is 27.9 Å². The minimum Gasteiger partial charge on any atom is -2.00 e. The molecular formula is C60H156K2N6O12S2Si12Th2. The van der Waals surface area contributed by atoms with Gasteiger partial charge in [-0.3, -0.25) is 0 Å². The van der Waals surface area contributed by atoms with Crippen molar-refractivity contribution in [2.45, 2.75) is 236 Å². The summed E-state index contributed by atoms with van der Waals surface area (Å²) in [4.78, 5) is 0. The molecule has 0 atom stereocenters. The van der Waals surface area contributed by atoms with Crippen molar-refractivity contribution in [2.24, 2.45) is 0 Å². The van der Waals surface area contributed by atoms with Crippen LogP contribution in [0.3, 0.4) is 0 Å². The molecule has 18 nitrogen and oxygen atoms in total. The summed E-state index contributed by atoms with van der Waals surface area (Å²) in [7, 11) is -13.3. The van der Waals surface area contributed by atoms with Gasteiger partial charge in [-0.1, -0.05) is 335 Å². The normalized spacial score (nSPS) is 16.9. The van der Waals surface area contributed by atoms with Crippen LogP contribution in [0.5, 0.6) is 0 Å². The first kappa shape index (κ1) is 131. The van der Waals surface area contributed by atoms with Crippen LogP contribution < -0.4 is 103 Å². The average molecular weight is 2100 g/mol. The molecule has 0 aromatic rings. The van der Waals surface area contributed by atoms with Crippen LogP contribution in [0.4, 0.5) is 0 Å². The molecule has 0 aromatic heterocycles. The zero-order valence-electron chi connectivity index (χ0n) is 70.4. The number of rotatable bonds is 12. The Labute approximate surface area is 774 Å². The Morgan fingerprint density at radius 3 is 0.198 bits per heavy atom. The molecule has 2 heterocycles. The van der Waals surface area contributed by atoms with Crippen LogP contribution in [0.15, 0.2) is 0 Å². The van der Waals surface area contributed by atoms with E-state index < -0.39 is 98.8 Å². The van der Waals surface area contributed by atoms with Crippen LogP contribution in [0.2, 0.25) is 236 Å². The third-order valence-electron chi connectivity index (χ3n) is 8.49. The maximum atomic E-state index is 5.33. The Morgan fingerprint density at radius 2 is 0.177 bits per heavy atom. The Morgan fingerprint density at radius 1 is 0.135 bits per heavy atom. The average Bonchev–Trinajstić information content (AvgIpc) is 3.23. The topological polar surface area (TPSA) is 195 Å². The Bertz CT molecular complexity index is 1150. The number of nitrogens with zero attached hydrogens (tertiary/aromatic N) is 6. The third-order valence-corrected chi connectivity index (χ3v) is 40.7. The first-order valence-electron chi connectivity index (χ1n) is 33.6. The zero-order valence-corrected chi connectivity index (χ0v) is 98.5. The van der Waals surface area contributed by atoms with Gasteiger partial charge in [0.1, 0.15) is 0 Å². The minimum atomic E-state index is -1.11. The van der Waals surface area contributed by atoms with E-state index in [4.69, 9.17) is 84.7 Å². The predicted molar refractivity (Wildman–Crippen MR) is 445 cm³/mol. The molecule has 96 heavy (non-hydrogen) atoms. The fraction of sp³-hybridized carbons (Fsp3) is 1.00. The van der Waals surface area contributed by atoms with Crippen molar-refractivity contribution >= 4 is 126 Å². The summed E-state index contributed by atoms with van der Waals surface area (Å²) in [6.45, 7) is 96.8. The SMILES string of the molecule is C1COCCOCCOCCOCCOCCO1.C1COCCOCCOCCOCCOCCO1.C[Si](C)(C)[N-][Si](C)(C)C.C[Si](C)(C)[N-][Si](C)(C)C.C[Si](C)(C)[N-][Si](C)(C)C.C[Si](C)(C)[N-][Si](C)(C)C.C[Si](C)(C)[N-][Si](C)(C)C.C[Si](C)(C)[N-][Si](C)(C)C.[K+].[K+].[S-2].[S-2].[Th+4].[Th+4]. The molecule has 0 amide bonds. The van der Waals surface area contributed by atoms with Crippen molar-refractivity contribution in [3.63, 3.8) is 0 Å². The summed E-state index contributed by atoms with van der Waals surface area (Å²) < 4.78 is 92.8. The van der Waals surface area contributed by atoms with Crippen molar-refractivity contribution in [2.75, 3.05) is 159 Å². The van der Waals surface area contributed by atoms with E-state index in [9.17, 15) is 0 Å². The van der Waals surface area contributed by atoms with Gasteiger partial charge in [-0.2, -0.15) is 0 Å². The van der Waals surface area contributed by atoms with Crippen molar-refractivity contribution < 1.29 is 239 Å². The minimum absolute atomic E-state index is 0. The van der Waals surface area contributed by atoms with Gasteiger partial charge in [0.25, 0.3) is 0 Å². The van der Waals surface area contributed by atoms with E-state index in [1.54, 1.807) is 0 Å². The smallest absolute Gasteiger partial charge is 2.00 e. The van der Waals surface area contributed by atoms with Crippen molar-refractivity contribution in [1.82, 2.24) is 0 Å². The first-order chi connectivity index (χ1) is 40.2. The summed E-state index contributed by atoms with van der Waals surface area (Å²) in [5.74, 6) is 0. The van der Waals surface area contributed by atoms with Gasteiger partial charge in [-0.25, -0.2) is 0 Å². The van der Waals surface area contributed by atoms with Gasteiger partial charge >= 0.3 is 183 Å². The molecule has 0 bridgehead atoms. The largest absolute Gasteiger partial charge is 4.00 e. The van der Waals surface area contributed by atoms with Gasteiger partial charge in [0.05, 0.1) is 159 Å². The number of ether oxygens (including phenoxy) is 12. The van der Waals surface area contributed by atoms with Crippen LogP contribution in [-0.4, -0.2) is 257 Å². The molecule has 0 radical (unpaired) electrons. The third kappa shape index (κ3) is 163. The van der Waals surface area contributed by atoms with Crippen LogP contribution >= 0.6 is 0 Å². The fourth-order valence-corrected chi connectivity index (χ4v) is 57.0. The van der Waals surface area contributed by atoms with Gasteiger partial charge < -0.3 is 112 Å². The fourth-order valence-electron chi connectivity index (χ4n) is 8.68. The Hall–Kier alpha value is 8.50. The van der Waals surface area contributed by atoms with Gasteiger partial charge in [-0.15, -0.1) is 0 Å². The monoisotopic (exact) mass is 2090 g/mol. The maximum absolute atomic E-state index is 5.33. The molecule has 0 unspecified atom stereocenters. The predicted octanol–water partition coefficient (Wildman–Crippen LogP) is 12.4. The molecule has 0 saturated carbocycles. The van der Waals surface area contributed by atoms with Crippen LogP contribution in [-0.2, 0) is 83.8 Å². The number of hydrogen-bond donors (Lipinski definition) is 0. The van der Waals surface area contributed by atoms with E-state index >= 15 is 0 Å². The molecule has 2 fully saturated rings. The standard InChI is InChI=1S/2C12H24O6.6C6H18NSi2.2K.2S.2Th/c2*1-2-14-5-6-16-9-10-18-12-11-17-8-7-15-4-3-13-1;6*1-8(2,3)7-9(4,5)6;;;;;;/h2*1-12H2;6*1-6H3;;;;;;/q;;6*-1;2*+1;2*-2;2*+4. The molecule has 0 N–H and O–H groups in total. The van der Waals surface area contributed by atoms with Gasteiger partial charge in [-0.05, 0) is 0 Å². The summed E-state index contributed by atoms with van der Waals surface area (Å²) in [5, 5.41) is 0. The van der Waals surface area contributed by atoms with Gasteiger partial charge in [0.2, 0.25) is 0 Å². The summed E-state index contributed by atoms with van der Waals surface area (Å²) in [6, 6.07) is 0. The van der Waals surface area contributed by atoms with Gasteiger partial charge in [0.15, 0.2) is 0 Å². The van der Waals surface area contributed by atoms with E-state index in [0.717, 1.165) is 0 Å². The molecule has 0 aromatic carbocycles. The maximum Gasteiger partial charge on any atom is 4.00 e. The summed E-state index contributed by atoms with van der Waals surface area (Å²) in [5.41, 5.74) is 0. The van der Waals surface area contributed by atoms with Crippen molar-refractivity contribution in [1.29, 1.82) is 0 Å². The van der Waals surface area contributed by atoms with E-state index in [1.807, 2.05) is 0 Å². The van der Waals surface area contributed by atoms with E-state index in [2.05, 4.69) is 236 Å². The summed E-state index contributed by atoms with van der Waals surface area (Å²) in [6.07, 6.45) is 0. The second-order valence-corrected chi connectivity index (χ2v) is 91.5. The summed E-state index contributed by atoms with van der Waals surface area (Å²) >= 11 is 0. The first-order valence-corrected chi connectivity index (χ1v) is 75.0. The molecular weight excluding hydrogens is 1940 g/mol. The van der Waals surface area contributed by atoms with E-state index in [-0.39, 0.29) is 210 Å². The molecule has 0 aliphatic carbocycles. The van der Waals surface area contributed by atoms with Crippen LogP contribution in [0, 0.1) is 79.9 Å². The zero-order chi connectivity index (χ0) is 71.7. The molecule has 36 heteroatoms. The van der Waals surface area contributed by atoms with Crippen LogP contribution in [0.1, 0.15) is 0 Å². The van der Waals surface area contributed by atoms with E-state index in [1.165, 1.54) is 0 Å². The van der Waals surface area contributed by atoms with E-state index in [0.29, 0.717) is 159 Å². The molecule has 2 aliphatic heterocycles. The number of hydrogen-bond acceptors (Lipinski definition) is 12. The quantitative estimate of drug-likeness (QED) is 0.168. The second-order valence-electron chi connectivity index (χ2n) is 34.1. The molecule has 568 valence electrons. The second kappa shape index (κ2) is 72.5. The molecule has 2 aliphatic rings. The molecule has 2 saturated heterocycles. The van der Waals surface area contributed by atoms with Crippen LogP contribution in [0.25, 0.3) is 27.9 Å². The van der Waals surface area contributed by atoms with Gasteiger partial charge in [0, 0.05) is 0 Å². The molecule has 0 spiro atoms. The Kier molecular flexibility index (Phi) is 98.8. The Balaban J connectivity index is -0.0000000851. The van der Waals surface area contributed by atoms with Crippen molar-refractivity contribution in [3.8, 4) is 0 Å².